The fourth-order valence-corrected chi connectivity index (χ4v) is 2.89. The summed E-state index contributed by atoms with van der Waals surface area (Å²) in [6, 6.07) is 5.00. The van der Waals surface area contributed by atoms with Crippen molar-refractivity contribution in [3.05, 3.63) is 29.3 Å². The number of anilines is 1. The van der Waals surface area contributed by atoms with Crippen LogP contribution in [0.1, 0.15) is 46.4 Å². The molecule has 0 aromatic heterocycles. The lowest BCUT2D eigenvalue weighted by molar-refractivity contribution is -0.0480. The molecular formula is C16H21ClN2O4. The second-order valence-electron chi connectivity index (χ2n) is 5.55. The first kappa shape index (κ1) is 17.7. The monoisotopic (exact) mass is 340 g/mol. The SMILES string of the molecule is Cl.Nc1cccc2c1C(=O)N(CCCCCC1OCCO1)C2=O. The second kappa shape index (κ2) is 7.77. The number of nitrogens with zero attached hydrogens (tertiary/aromatic N) is 1. The van der Waals surface area contributed by atoms with Crippen LogP contribution in [0.4, 0.5) is 5.69 Å². The van der Waals surface area contributed by atoms with Gasteiger partial charge in [-0.15, -0.1) is 12.4 Å². The van der Waals surface area contributed by atoms with Crippen LogP contribution in [-0.4, -0.2) is 42.8 Å². The smallest absolute Gasteiger partial charge is 0.263 e. The van der Waals surface area contributed by atoms with Crippen molar-refractivity contribution >= 4 is 29.9 Å². The Hall–Kier alpha value is -1.63. The summed E-state index contributed by atoms with van der Waals surface area (Å²) < 4.78 is 10.7. The maximum atomic E-state index is 12.3. The van der Waals surface area contributed by atoms with Crippen LogP contribution in [0, 0.1) is 0 Å². The fraction of sp³-hybridized carbons (Fsp3) is 0.500. The fourth-order valence-electron chi connectivity index (χ4n) is 2.89. The van der Waals surface area contributed by atoms with Gasteiger partial charge in [-0.3, -0.25) is 14.5 Å². The summed E-state index contributed by atoms with van der Waals surface area (Å²) in [4.78, 5) is 25.8. The minimum absolute atomic E-state index is 0. The van der Waals surface area contributed by atoms with E-state index >= 15 is 0 Å². The van der Waals surface area contributed by atoms with Crippen molar-refractivity contribution in [3.63, 3.8) is 0 Å². The van der Waals surface area contributed by atoms with E-state index < -0.39 is 0 Å². The van der Waals surface area contributed by atoms with Crippen LogP contribution in [0.5, 0.6) is 0 Å². The number of fused-ring (bicyclic) bond motifs is 1. The molecule has 0 spiro atoms. The van der Waals surface area contributed by atoms with Gasteiger partial charge in [0.2, 0.25) is 0 Å². The lowest BCUT2D eigenvalue weighted by Crippen LogP contribution is -2.30. The maximum Gasteiger partial charge on any atom is 0.263 e. The number of ether oxygens (including phenoxy) is 2. The first-order valence-electron chi connectivity index (χ1n) is 7.66. The van der Waals surface area contributed by atoms with E-state index in [9.17, 15) is 9.59 Å². The molecule has 0 unspecified atom stereocenters. The molecule has 2 N–H and O–H groups in total. The number of amides is 2. The third kappa shape index (κ3) is 3.65. The number of hydrogen-bond acceptors (Lipinski definition) is 5. The number of halogens is 1. The molecule has 23 heavy (non-hydrogen) atoms. The molecular weight excluding hydrogens is 320 g/mol. The molecule has 6 nitrogen and oxygen atoms in total. The topological polar surface area (TPSA) is 81.9 Å². The molecule has 0 aliphatic carbocycles. The van der Waals surface area contributed by atoms with Gasteiger partial charge in [-0.1, -0.05) is 12.5 Å². The van der Waals surface area contributed by atoms with Gasteiger partial charge in [-0.25, -0.2) is 0 Å². The van der Waals surface area contributed by atoms with Crippen LogP contribution in [0.3, 0.4) is 0 Å². The molecule has 2 heterocycles. The van der Waals surface area contributed by atoms with Gasteiger partial charge in [0.1, 0.15) is 0 Å². The Balaban J connectivity index is 0.00000192. The highest BCUT2D eigenvalue weighted by molar-refractivity contribution is 6.23. The van der Waals surface area contributed by atoms with Crippen LogP contribution < -0.4 is 5.73 Å². The first-order chi connectivity index (χ1) is 10.7. The number of imide groups is 1. The van der Waals surface area contributed by atoms with Gasteiger partial charge in [0.25, 0.3) is 11.8 Å². The van der Waals surface area contributed by atoms with Crippen LogP contribution in [0.25, 0.3) is 0 Å². The standard InChI is InChI=1S/C16H20N2O4.ClH/c17-12-6-4-5-11-14(12)16(20)18(15(11)19)8-3-1-2-7-13-21-9-10-22-13;/h4-6,13H,1-3,7-10,17H2;1H. The van der Waals surface area contributed by atoms with Crippen LogP contribution in [0.15, 0.2) is 18.2 Å². The molecule has 0 saturated carbocycles. The summed E-state index contributed by atoms with van der Waals surface area (Å²) in [6.45, 7) is 1.76. The van der Waals surface area contributed by atoms with E-state index in [1.54, 1.807) is 18.2 Å². The Morgan fingerprint density at radius 3 is 2.52 bits per heavy atom. The number of benzene rings is 1. The molecule has 1 aromatic rings. The van der Waals surface area contributed by atoms with Gasteiger partial charge in [-0.2, -0.15) is 0 Å². The average Bonchev–Trinajstić information content (AvgIpc) is 3.10. The molecule has 1 fully saturated rings. The summed E-state index contributed by atoms with van der Waals surface area (Å²) in [5.74, 6) is -0.518. The van der Waals surface area contributed by atoms with Crippen molar-refractivity contribution in [2.45, 2.75) is 32.0 Å². The highest BCUT2D eigenvalue weighted by atomic mass is 35.5. The van der Waals surface area contributed by atoms with Crippen molar-refractivity contribution in [2.24, 2.45) is 0 Å². The Labute approximate surface area is 141 Å². The van der Waals surface area contributed by atoms with E-state index in [1.165, 1.54) is 4.90 Å². The number of hydrogen-bond donors (Lipinski definition) is 1. The van der Waals surface area contributed by atoms with E-state index in [1.807, 2.05) is 0 Å². The predicted molar refractivity (Wildman–Crippen MR) is 87.6 cm³/mol. The van der Waals surface area contributed by atoms with Gasteiger partial charge >= 0.3 is 0 Å². The molecule has 0 radical (unpaired) electrons. The molecule has 2 aliphatic rings. The quantitative estimate of drug-likeness (QED) is 0.488. The van der Waals surface area contributed by atoms with E-state index in [0.29, 0.717) is 36.6 Å². The third-order valence-corrected chi connectivity index (χ3v) is 4.04. The second-order valence-corrected chi connectivity index (χ2v) is 5.55. The highest BCUT2D eigenvalue weighted by Crippen LogP contribution is 2.27. The average molecular weight is 341 g/mol. The van der Waals surface area contributed by atoms with Crippen molar-refractivity contribution in [3.8, 4) is 0 Å². The van der Waals surface area contributed by atoms with Crippen molar-refractivity contribution in [1.29, 1.82) is 0 Å². The number of unbranched alkanes of at least 4 members (excludes halogenated alkanes) is 2. The molecule has 0 bridgehead atoms. The molecule has 1 aromatic carbocycles. The predicted octanol–water partition coefficient (Wildman–Crippen LogP) is 2.22. The Kier molecular flexibility index (Phi) is 5.98. The van der Waals surface area contributed by atoms with Crippen molar-refractivity contribution < 1.29 is 19.1 Å². The van der Waals surface area contributed by atoms with E-state index in [-0.39, 0.29) is 30.5 Å². The zero-order chi connectivity index (χ0) is 15.5. The molecule has 7 heteroatoms. The molecule has 3 rings (SSSR count). The Morgan fingerprint density at radius 1 is 1.09 bits per heavy atom. The number of carbonyl (C=O) groups is 2. The minimum atomic E-state index is -0.277. The summed E-state index contributed by atoms with van der Waals surface area (Å²) >= 11 is 0. The molecule has 1 saturated heterocycles. The number of carbonyl (C=O) groups excluding carboxylic acids is 2. The van der Waals surface area contributed by atoms with Crippen LogP contribution in [-0.2, 0) is 9.47 Å². The van der Waals surface area contributed by atoms with Crippen LogP contribution in [0.2, 0.25) is 0 Å². The largest absolute Gasteiger partial charge is 0.398 e. The summed E-state index contributed by atoms with van der Waals surface area (Å²) in [5.41, 5.74) is 6.94. The molecule has 2 amide bonds. The lowest BCUT2D eigenvalue weighted by atomic mass is 10.1. The van der Waals surface area contributed by atoms with Gasteiger partial charge in [0.15, 0.2) is 6.29 Å². The Bertz CT molecular complexity index is 587. The normalized spacial score (nSPS) is 17.5. The van der Waals surface area contributed by atoms with Gasteiger partial charge in [0, 0.05) is 12.2 Å². The minimum Gasteiger partial charge on any atom is -0.398 e. The first-order valence-corrected chi connectivity index (χ1v) is 7.66. The van der Waals surface area contributed by atoms with Gasteiger partial charge in [0.05, 0.1) is 24.3 Å². The number of nitrogen functional groups attached to an aromatic ring is 1. The lowest BCUT2D eigenvalue weighted by Gasteiger charge is -2.14. The number of rotatable bonds is 6. The summed E-state index contributed by atoms with van der Waals surface area (Å²) in [6.07, 6.45) is 3.43. The van der Waals surface area contributed by atoms with E-state index in [4.69, 9.17) is 15.2 Å². The van der Waals surface area contributed by atoms with Crippen LogP contribution >= 0.6 is 12.4 Å². The molecule has 2 aliphatic heterocycles. The summed E-state index contributed by atoms with van der Waals surface area (Å²) in [7, 11) is 0. The molecule has 0 atom stereocenters. The van der Waals surface area contributed by atoms with Gasteiger partial charge in [-0.05, 0) is 31.4 Å². The van der Waals surface area contributed by atoms with E-state index in [0.717, 1.165) is 25.7 Å². The van der Waals surface area contributed by atoms with Crippen molar-refractivity contribution in [1.82, 2.24) is 4.90 Å². The van der Waals surface area contributed by atoms with Crippen molar-refractivity contribution in [2.75, 3.05) is 25.5 Å². The van der Waals surface area contributed by atoms with Gasteiger partial charge < -0.3 is 15.2 Å². The maximum absolute atomic E-state index is 12.3. The summed E-state index contributed by atoms with van der Waals surface area (Å²) in [5, 5.41) is 0. The van der Waals surface area contributed by atoms with E-state index in [2.05, 4.69) is 0 Å². The molecule has 126 valence electrons. The third-order valence-electron chi connectivity index (χ3n) is 4.04. The zero-order valence-corrected chi connectivity index (χ0v) is 13.6. The zero-order valence-electron chi connectivity index (χ0n) is 12.8. The number of nitrogens with two attached hydrogens (primary N) is 1. The highest BCUT2D eigenvalue weighted by Gasteiger charge is 2.36. The Morgan fingerprint density at radius 2 is 1.83 bits per heavy atom.